The maximum absolute atomic E-state index is 12.6. The lowest BCUT2D eigenvalue weighted by atomic mass is 9.97. The molecule has 0 bridgehead atoms. The Morgan fingerprint density at radius 1 is 1.38 bits per heavy atom. The molecule has 1 aromatic rings. The number of amides is 1. The maximum Gasteiger partial charge on any atom is 0.310 e. The van der Waals surface area contributed by atoms with Gasteiger partial charge in [-0.1, -0.05) is 15.9 Å². The van der Waals surface area contributed by atoms with Gasteiger partial charge in [0.25, 0.3) is 5.91 Å². The Bertz CT molecular complexity index is 548. The lowest BCUT2D eigenvalue weighted by Gasteiger charge is -2.31. The zero-order valence-electron chi connectivity index (χ0n) is 11.8. The van der Waals surface area contributed by atoms with Gasteiger partial charge in [-0.05, 0) is 53.9 Å². The van der Waals surface area contributed by atoms with Crippen molar-refractivity contribution in [2.75, 3.05) is 19.7 Å². The minimum atomic E-state index is -0.214. The number of hydrogen-bond acceptors (Lipinski definition) is 3. The zero-order valence-corrected chi connectivity index (χ0v) is 14.9. The smallest absolute Gasteiger partial charge is 0.310 e. The van der Waals surface area contributed by atoms with E-state index in [4.69, 9.17) is 4.74 Å². The molecule has 1 amide bonds. The molecule has 21 heavy (non-hydrogen) atoms. The van der Waals surface area contributed by atoms with Gasteiger partial charge in [-0.25, -0.2) is 0 Å². The predicted octanol–water partition coefficient (Wildman–Crippen LogP) is 3.63. The van der Waals surface area contributed by atoms with Crippen molar-refractivity contribution < 1.29 is 14.3 Å². The molecule has 0 spiro atoms. The van der Waals surface area contributed by atoms with Crippen LogP contribution in [0.5, 0.6) is 0 Å². The van der Waals surface area contributed by atoms with E-state index in [1.165, 1.54) is 0 Å². The summed E-state index contributed by atoms with van der Waals surface area (Å²) in [5.74, 6) is -0.478. The van der Waals surface area contributed by atoms with Crippen molar-refractivity contribution in [3.63, 3.8) is 0 Å². The maximum atomic E-state index is 12.6. The zero-order chi connectivity index (χ0) is 15.4. The Labute approximate surface area is 141 Å². The largest absolute Gasteiger partial charge is 0.466 e. The highest BCUT2D eigenvalue weighted by atomic mass is 79.9. The molecule has 1 atom stereocenters. The molecule has 1 aliphatic heterocycles. The van der Waals surface area contributed by atoms with Gasteiger partial charge in [0, 0.05) is 22.0 Å². The van der Waals surface area contributed by atoms with Crippen molar-refractivity contribution in [1.82, 2.24) is 4.90 Å². The SMILES string of the molecule is CCOC(=O)[C@@H]1CCCN(C(=O)c2cc(Br)ccc2Br)C1. The van der Waals surface area contributed by atoms with Gasteiger partial charge in [-0.2, -0.15) is 0 Å². The van der Waals surface area contributed by atoms with Crippen LogP contribution in [0, 0.1) is 5.92 Å². The summed E-state index contributed by atoms with van der Waals surface area (Å²) in [5.41, 5.74) is 0.605. The van der Waals surface area contributed by atoms with E-state index in [-0.39, 0.29) is 17.8 Å². The lowest BCUT2D eigenvalue weighted by Crippen LogP contribution is -2.42. The van der Waals surface area contributed by atoms with Gasteiger partial charge in [-0.15, -0.1) is 0 Å². The molecule has 0 N–H and O–H groups in total. The third-order valence-electron chi connectivity index (χ3n) is 3.49. The summed E-state index contributed by atoms with van der Waals surface area (Å²) in [5, 5.41) is 0. The summed E-state index contributed by atoms with van der Waals surface area (Å²) in [6, 6.07) is 5.50. The van der Waals surface area contributed by atoms with E-state index in [9.17, 15) is 9.59 Å². The Morgan fingerprint density at radius 2 is 2.14 bits per heavy atom. The van der Waals surface area contributed by atoms with Crippen LogP contribution in [0.2, 0.25) is 0 Å². The first-order valence-corrected chi connectivity index (χ1v) is 8.52. The second-order valence-electron chi connectivity index (χ2n) is 4.97. The second-order valence-corrected chi connectivity index (χ2v) is 6.74. The van der Waals surface area contributed by atoms with Gasteiger partial charge in [-0.3, -0.25) is 9.59 Å². The van der Waals surface area contributed by atoms with Gasteiger partial charge < -0.3 is 9.64 Å². The van der Waals surface area contributed by atoms with E-state index in [0.29, 0.717) is 25.3 Å². The van der Waals surface area contributed by atoms with E-state index in [2.05, 4.69) is 31.9 Å². The van der Waals surface area contributed by atoms with Crippen molar-refractivity contribution >= 4 is 43.7 Å². The highest BCUT2D eigenvalue weighted by Gasteiger charge is 2.30. The number of ether oxygens (including phenoxy) is 1. The molecule has 2 rings (SSSR count). The van der Waals surface area contributed by atoms with Crippen LogP contribution in [0.15, 0.2) is 27.1 Å². The number of likely N-dealkylation sites (tertiary alicyclic amines) is 1. The molecule has 1 aliphatic rings. The molecular weight excluding hydrogens is 402 g/mol. The van der Waals surface area contributed by atoms with E-state index in [1.807, 2.05) is 12.1 Å². The number of esters is 1. The molecule has 6 heteroatoms. The quantitative estimate of drug-likeness (QED) is 0.704. The Balaban J connectivity index is 2.12. The van der Waals surface area contributed by atoms with Crippen LogP contribution in [0.3, 0.4) is 0 Å². The normalized spacial score (nSPS) is 18.4. The minimum absolute atomic E-state index is 0.0582. The van der Waals surface area contributed by atoms with Gasteiger partial charge in [0.2, 0.25) is 0 Å². The van der Waals surface area contributed by atoms with Crippen molar-refractivity contribution in [2.45, 2.75) is 19.8 Å². The average Bonchev–Trinajstić information content (AvgIpc) is 2.49. The van der Waals surface area contributed by atoms with Crippen LogP contribution in [0.1, 0.15) is 30.1 Å². The average molecular weight is 419 g/mol. The fourth-order valence-corrected chi connectivity index (χ4v) is 3.22. The Morgan fingerprint density at radius 3 is 2.86 bits per heavy atom. The van der Waals surface area contributed by atoms with Gasteiger partial charge in [0.15, 0.2) is 0 Å². The number of piperidine rings is 1. The highest BCUT2D eigenvalue weighted by molar-refractivity contribution is 9.11. The number of halogens is 2. The first kappa shape index (κ1) is 16.5. The minimum Gasteiger partial charge on any atom is -0.466 e. The summed E-state index contributed by atoms with van der Waals surface area (Å²) in [7, 11) is 0. The van der Waals surface area contributed by atoms with Crippen LogP contribution in [-0.2, 0) is 9.53 Å². The van der Waals surface area contributed by atoms with E-state index in [1.54, 1.807) is 17.9 Å². The third kappa shape index (κ3) is 4.07. The van der Waals surface area contributed by atoms with Crippen LogP contribution < -0.4 is 0 Å². The summed E-state index contributed by atoms with van der Waals surface area (Å²) >= 11 is 6.79. The highest BCUT2D eigenvalue weighted by Crippen LogP contribution is 2.25. The molecule has 0 saturated carbocycles. The molecule has 0 radical (unpaired) electrons. The van der Waals surface area contributed by atoms with Gasteiger partial charge in [0.1, 0.15) is 0 Å². The molecule has 0 unspecified atom stereocenters. The first-order valence-electron chi connectivity index (χ1n) is 6.94. The van der Waals surface area contributed by atoms with Gasteiger partial charge >= 0.3 is 5.97 Å². The summed E-state index contributed by atoms with van der Waals surface area (Å²) in [6.07, 6.45) is 1.60. The first-order chi connectivity index (χ1) is 10.0. The number of carbonyl (C=O) groups excluding carboxylic acids is 2. The van der Waals surface area contributed by atoms with Crippen molar-refractivity contribution in [3.8, 4) is 0 Å². The molecule has 1 heterocycles. The number of carbonyl (C=O) groups is 2. The molecular formula is C15H17Br2NO3. The molecule has 1 fully saturated rings. The molecule has 1 saturated heterocycles. The topological polar surface area (TPSA) is 46.6 Å². The van der Waals surface area contributed by atoms with E-state index < -0.39 is 0 Å². The van der Waals surface area contributed by atoms with Crippen LogP contribution in [0.25, 0.3) is 0 Å². The Kier molecular flexibility index (Phi) is 5.81. The molecule has 1 aromatic carbocycles. The monoisotopic (exact) mass is 417 g/mol. The number of benzene rings is 1. The number of nitrogens with zero attached hydrogens (tertiary/aromatic N) is 1. The summed E-state index contributed by atoms with van der Waals surface area (Å²) in [6.45, 7) is 3.27. The standard InChI is InChI=1S/C15H17Br2NO3/c1-2-21-15(20)10-4-3-7-18(9-10)14(19)12-8-11(16)5-6-13(12)17/h5-6,8,10H,2-4,7,9H2,1H3/t10-/m1/s1. The van der Waals surface area contributed by atoms with Crippen molar-refractivity contribution in [3.05, 3.63) is 32.7 Å². The summed E-state index contributed by atoms with van der Waals surface area (Å²) < 4.78 is 6.68. The van der Waals surface area contributed by atoms with Crippen molar-refractivity contribution in [1.29, 1.82) is 0 Å². The van der Waals surface area contributed by atoms with Gasteiger partial charge in [0.05, 0.1) is 18.1 Å². The molecule has 0 aliphatic carbocycles. The predicted molar refractivity (Wildman–Crippen MR) is 87.1 cm³/mol. The molecule has 0 aromatic heterocycles. The van der Waals surface area contributed by atoms with Crippen molar-refractivity contribution in [2.24, 2.45) is 5.92 Å². The van der Waals surface area contributed by atoms with E-state index >= 15 is 0 Å². The van der Waals surface area contributed by atoms with E-state index in [0.717, 1.165) is 21.8 Å². The van der Waals surface area contributed by atoms with Crippen LogP contribution in [0.4, 0.5) is 0 Å². The summed E-state index contributed by atoms with van der Waals surface area (Å²) in [4.78, 5) is 26.2. The second kappa shape index (κ2) is 7.40. The fourth-order valence-electron chi connectivity index (χ4n) is 2.45. The third-order valence-corrected chi connectivity index (χ3v) is 4.67. The number of hydrogen-bond donors (Lipinski definition) is 0. The Hall–Kier alpha value is -0.880. The molecule has 114 valence electrons. The van der Waals surface area contributed by atoms with Crippen LogP contribution in [-0.4, -0.2) is 36.5 Å². The number of rotatable bonds is 3. The van der Waals surface area contributed by atoms with Crippen LogP contribution >= 0.6 is 31.9 Å². The lowest BCUT2D eigenvalue weighted by molar-refractivity contribution is -0.149. The molecule has 4 nitrogen and oxygen atoms in total. The fraction of sp³-hybridized carbons (Fsp3) is 0.467.